The number of para-hydroxylation sites is 1. The van der Waals surface area contributed by atoms with Gasteiger partial charge in [-0.1, -0.05) is 82.7 Å². The lowest BCUT2D eigenvalue weighted by Crippen LogP contribution is -2.10. The van der Waals surface area contributed by atoms with E-state index in [9.17, 15) is 0 Å². The fourth-order valence-corrected chi connectivity index (χ4v) is 4.18. The van der Waals surface area contributed by atoms with Gasteiger partial charge in [-0.05, 0) is 46.5 Å². The zero-order valence-electron chi connectivity index (χ0n) is 14.9. The number of hydrogen-bond donors (Lipinski definition) is 0. The van der Waals surface area contributed by atoms with Gasteiger partial charge in [0.25, 0.3) is 0 Å². The molecule has 0 fully saturated rings. The van der Waals surface area contributed by atoms with Crippen LogP contribution in [0.2, 0.25) is 0 Å². The van der Waals surface area contributed by atoms with Gasteiger partial charge >= 0.3 is 0 Å². The number of anilines is 2. The van der Waals surface area contributed by atoms with Gasteiger partial charge in [-0.15, -0.1) is 0 Å². The second-order valence-electron chi connectivity index (χ2n) is 6.39. The van der Waals surface area contributed by atoms with Crippen LogP contribution in [0, 0.1) is 0 Å². The van der Waals surface area contributed by atoms with Crippen molar-refractivity contribution in [3.8, 4) is 0 Å². The Morgan fingerprint density at radius 2 is 1.58 bits per heavy atom. The van der Waals surface area contributed by atoms with E-state index >= 15 is 0 Å². The summed E-state index contributed by atoms with van der Waals surface area (Å²) in [6, 6.07) is 25.9. The second-order valence-corrected chi connectivity index (χ2v) is 7.25. The molecular weight excluding hydrogens is 382 g/mol. The lowest BCUT2D eigenvalue weighted by atomic mass is 9.97. The minimum atomic E-state index is 1.11. The number of hydrogen-bond acceptors (Lipinski definition) is 1. The van der Waals surface area contributed by atoms with E-state index in [1.807, 2.05) is 6.92 Å². The average Bonchev–Trinajstić information content (AvgIpc) is 2.69. The highest BCUT2D eigenvalue weighted by molar-refractivity contribution is 9.15. The van der Waals surface area contributed by atoms with Gasteiger partial charge in [0.2, 0.25) is 0 Å². The SMILES string of the molecule is C/C=C\C(Br)=c1\ccc2ccc(N(C)c3ccccc3)c3cccc1c23. The van der Waals surface area contributed by atoms with Gasteiger partial charge < -0.3 is 4.90 Å². The van der Waals surface area contributed by atoms with Crippen molar-refractivity contribution < 1.29 is 0 Å². The summed E-state index contributed by atoms with van der Waals surface area (Å²) in [5.41, 5.74) is 2.40. The van der Waals surface area contributed by atoms with Crippen molar-refractivity contribution >= 4 is 53.3 Å². The lowest BCUT2D eigenvalue weighted by molar-refractivity contribution is 1.22. The zero-order valence-corrected chi connectivity index (χ0v) is 16.5. The third kappa shape index (κ3) is 2.81. The highest BCUT2D eigenvalue weighted by Crippen LogP contribution is 2.35. The molecule has 1 nitrogen and oxygen atoms in total. The third-order valence-electron chi connectivity index (χ3n) is 4.84. The minimum Gasteiger partial charge on any atom is -0.344 e. The van der Waals surface area contributed by atoms with Gasteiger partial charge in [-0.2, -0.15) is 0 Å². The van der Waals surface area contributed by atoms with E-state index in [2.05, 4.69) is 113 Å². The van der Waals surface area contributed by atoms with Gasteiger partial charge in [0.05, 0.1) is 0 Å². The van der Waals surface area contributed by atoms with E-state index in [-0.39, 0.29) is 0 Å². The molecule has 0 bridgehead atoms. The van der Waals surface area contributed by atoms with Crippen LogP contribution in [0.1, 0.15) is 6.92 Å². The maximum absolute atomic E-state index is 3.73. The van der Waals surface area contributed by atoms with Crippen LogP contribution in [-0.2, 0) is 0 Å². The molecule has 0 saturated carbocycles. The fraction of sp³-hybridized carbons (Fsp3) is 0.0833. The van der Waals surface area contributed by atoms with Crippen molar-refractivity contribution in [2.75, 3.05) is 11.9 Å². The smallest absolute Gasteiger partial charge is 0.0488 e. The van der Waals surface area contributed by atoms with E-state index in [4.69, 9.17) is 0 Å². The van der Waals surface area contributed by atoms with E-state index in [1.165, 1.54) is 38.1 Å². The Labute approximate surface area is 162 Å². The normalized spacial score (nSPS) is 12.9. The molecule has 4 aromatic carbocycles. The van der Waals surface area contributed by atoms with Gasteiger partial charge in [0.15, 0.2) is 0 Å². The Bertz CT molecular complexity index is 1160. The number of halogens is 1. The molecule has 0 aliphatic heterocycles. The van der Waals surface area contributed by atoms with Crippen LogP contribution >= 0.6 is 15.9 Å². The first kappa shape index (κ1) is 16.9. The summed E-state index contributed by atoms with van der Waals surface area (Å²) >= 11 is 3.73. The predicted molar refractivity (Wildman–Crippen MR) is 118 cm³/mol. The van der Waals surface area contributed by atoms with Gasteiger partial charge in [0.1, 0.15) is 0 Å². The molecule has 26 heavy (non-hydrogen) atoms. The maximum atomic E-state index is 3.73. The number of rotatable bonds is 3. The van der Waals surface area contributed by atoms with E-state index in [0.717, 1.165) is 4.48 Å². The first-order valence-electron chi connectivity index (χ1n) is 8.76. The molecule has 0 aromatic heterocycles. The zero-order chi connectivity index (χ0) is 18.1. The third-order valence-corrected chi connectivity index (χ3v) is 5.54. The van der Waals surface area contributed by atoms with Crippen molar-refractivity contribution in [1.82, 2.24) is 0 Å². The van der Waals surface area contributed by atoms with Crippen molar-refractivity contribution in [3.63, 3.8) is 0 Å². The quantitative estimate of drug-likeness (QED) is 0.375. The van der Waals surface area contributed by atoms with Crippen LogP contribution in [0.25, 0.3) is 26.0 Å². The molecule has 4 aromatic rings. The van der Waals surface area contributed by atoms with Crippen LogP contribution < -0.4 is 10.1 Å². The molecule has 0 heterocycles. The summed E-state index contributed by atoms with van der Waals surface area (Å²) in [6.45, 7) is 2.04. The summed E-state index contributed by atoms with van der Waals surface area (Å²) in [5.74, 6) is 0. The van der Waals surface area contributed by atoms with E-state index < -0.39 is 0 Å². The molecule has 0 N–H and O–H groups in total. The highest BCUT2D eigenvalue weighted by Gasteiger charge is 2.12. The largest absolute Gasteiger partial charge is 0.344 e. The Hall–Kier alpha value is -2.58. The first-order valence-corrected chi connectivity index (χ1v) is 9.55. The highest BCUT2D eigenvalue weighted by atomic mass is 79.9. The molecular formula is C24H20BrN. The maximum Gasteiger partial charge on any atom is 0.0488 e. The molecule has 0 radical (unpaired) electrons. The van der Waals surface area contributed by atoms with E-state index in [0.29, 0.717) is 0 Å². The molecule has 0 spiro atoms. The number of allylic oxidation sites excluding steroid dienone is 2. The van der Waals surface area contributed by atoms with Gasteiger partial charge in [-0.25, -0.2) is 0 Å². The second kappa shape index (κ2) is 6.97. The summed E-state index contributed by atoms with van der Waals surface area (Å²) in [4.78, 5) is 2.26. The molecule has 0 unspecified atom stereocenters. The fourth-order valence-electron chi connectivity index (χ4n) is 3.57. The molecule has 4 rings (SSSR count). The minimum absolute atomic E-state index is 1.11. The average molecular weight is 402 g/mol. The van der Waals surface area contributed by atoms with Crippen LogP contribution in [0.4, 0.5) is 11.4 Å². The van der Waals surface area contributed by atoms with Crippen molar-refractivity contribution in [2.24, 2.45) is 0 Å². The van der Waals surface area contributed by atoms with Crippen molar-refractivity contribution in [1.29, 1.82) is 0 Å². The first-order chi connectivity index (χ1) is 12.7. The Morgan fingerprint density at radius 3 is 2.35 bits per heavy atom. The molecule has 0 saturated heterocycles. The lowest BCUT2D eigenvalue weighted by Gasteiger charge is -2.22. The van der Waals surface area contributed by atoms with Gasteiger partial charge in [-0.3, -0.25) is 0 Å². The Balaban J connectivity index is 2.05. The molecule has 0 aliphatic carbocycles. The Kier molecular flexibility index (Phi) is 4.52. The van der Waals surface area contributed by atoms with Crippen LogP contribution in [0.5, 0.6) is 0 Å². The van der Waals surface area contributed by atoms with E-state index in [1.54, 1.807) is 0 Å². The van der Waals surface area contributed by atoms with Crippen LogP contribution in [0.15, 0.2) is 84.9 Å². The molecule has 2 heteroatoms. The monoisotopic (exact) mass is 401 g/mol. The summed E-state index contributed by atoms with van der Waals surface area (Å²) in [7, 11) is 2.13. The molecule has 0 aliphatic rings. The van der Waals surface area contributed by atoms with Crippen molar-refractivity contribution in [3.05, 3.63) is 90.2 Å². The Morgan fingerprint density at radius 1 is 0.846 bits per heavy atom. The van der Waals surface area contributed by atoms with Crippen LogP contribution in [0.3, 0.4) is 0 Å². The van der Waals surface area contributed by atoms with Gasteiger partial charge in [0, 0.05) is 28.3 Å². The summed E-state index contributed by atoms with van der Waals surface area (Å²) in [5, 5.41) is 6.35. The number of benzene rings is 4. The molecule has 0 atom stereocenters. The standard InChI is InChI=1S/C24H20BrN/c1-3-8-22(25)19-15-13-17-14-16-23(21-12-7-11-20(19)24(17)21)26(2)18-9-5-4-6-10-18/h3-16H,1-2H3/b8-3-,22-19+. The number of nitrogens with zero attached hydrogens (tertiary/aromatic N) is 1. The molecule has 128 valence electrons. The summed E-state index contributed by atoms with van der Waals surface area (Å²) in [6.07, 6.45) is 4.16. The van der Waals surface area contributed by atoms with Crippen LogP contribution in [-0.4, -0.2) is 7.05 Å². The summed E-state index contributed by atoms with van der Waals surface area (Å²) < 4.78 is 1.11. The molecule has 0 amide bonds. The van der Waals surface area contributed by atoms with Crippen molar-refractivity contribution in [2.45, 2.75) is 6.92 Å². The predicted octanol–water partition coefficient (Wildman–Crippen LogP) is 6.56. The topological polar surface area (TPSA) is 3.24 Å².